The lowest BCUT2D eigenvalue weighted by atomic mass is 10.2. The highest BCUT2D eigenvalue weighted by Crippen LogP contribution is 2.24. The van der Waals surface area contributed by atoms with Crippen molar-refractivity contribution >= 4 is 24.0 Å². The van der Waals surface area contributed by atoms with E-state index in [4.69, 9.17) is 9.47 Å². The molecule has 1 amide bonds. The summed E-state index contributed by atoms with van der Waals surface area (Å²) in [5, 5.41) is 5.84. The lowest BCUT2D eigenvalue weighted by molar-refractivity contribution is -0.115. The zero-order chi connectivity index (χ0) is 16.5. The average molecular weight is 353 g/mol. The van der Waals surface area contributed by atoms with Gasteiger partial charge in [-0.2, -0.15) is 0 Å². The molecule has 0 saturated heterocycles. The van der Waals surface area contributed by atoms with Crippen LogP contribution in [0.25, 0.3) is 0 Å². The van der Waals surface area contributed by atoms with Crippen LogP contribution in [0.15, 0.2) is 36.7 Å². The third-order valence-electron chi connectivity index (χ3n) is 2.99. The number of hydrogen-bond donors (Lipinski definition) is 2. The second-order valence-electron chi connectivity index (χ2n) is 4.83. The predicted octanol–water partition coefficient (Wildman–Crippen LogP) is 2.17. The molecule has 2 N–H and O–H groups in total. The van der Waals surface area contributed by atoms with Crippen molar-refractivity contribution < 1.29 is 14.3 Å². The van der Waals surface area contributed by atoms with E-state index in [1.165, 1.54) is 0 Å². The van der Waals surface area contributed by atoms with Crippen molar-refractivity contribution in [2.45, 2.75) is 6.92 Å². The highest BCUT2D eigenvalue weighted by atomic mass is 35.5. The standard InChI is InChI=1S/C16H20N4O3.ClH/c1-12-10-13(23-16-18-6-3-7-19-16)4-5-14(12)20-15(21)11-17-8-9-22-2;/h3-7,10,17H,8-9,11H2,1-2H3,(H,20,21);1H. The van der Waals surface area contributed by atoms with Crippen molar-refractivity contribution in [2.75, 3.05) is 32.1 Å². The molecule has 0 fully saturated rings. The van der Waals surface area contributed by atoms with E-state index >= 15 is 0 Å². The number of rotatable bonds is 8. The van der Waals surface area contributed by atoms with Gasteiger partial charge < -0.3 is 20.1 Å². The van der Waals surface area contributed by atoms with Crippen LogP contribution in [0, 0.1) is 6.92 Å². The number of methoxy groups -OCH3 is 1. The first-order valence-corrected chi connectivity index (χ1v) is 7.24. The lowest BCUT2D eigenvalue weighted by Crippen LogP contribution is -2.30. The molecule has 1 aromatic carbocycles. The van der Waals surface area contributed by atoms with Gasteiger partial charge in [-0.1, -0.05) is 0 Å². The van der Waals surface area contributed by atoms with Crippen LogP contribution in [0.1, 0.15) is 5.56 Å². The van der Waals surface area contributed by atoms with Crippen molar-refractivity contribution in [3.8, 4) is 11.8 Å². The first-order chi connectivity index (χ1) is 11.2. The molecule has 1 heterocycles. The SMILES string of the molecule is COCCNCC(=O)Nc1ccc(Oc2ncccn2)cc1C.Cl. The Kier molecular flexibility index (Phi) is 8.70. The fourth-order valence-corrected chi connectivity index (χ4v) is 1.85. The smallest absolute Gasteiger partial charge is 0.321 e. The summed E-state index contributed by atoms with van der Waals surface area (Å²) in [4.78, 5) is 19.8. The van der Waals surface area contributed by atoms with Gasteiger partial charge in [0, 0.05) is 31.7 Å². The van der Waals surface area contributed by atoms with Crippen LogP contribution < -0.4 is 15.4 Å². The monoisotopic (exact) mass is 352 g/mol. The van der Waals surface area contributed by atoms with Crippen LogP contribution in [-0.2, 0) is 9.53 Å². The Labute approximate surface area is 147 Å². The minimum atomic E-state index is -0.107. The molecule has 0 radical (unpaired) electrons. The Morgan fingerprint density at radius 3 is 2.67 bits per heavy atom. The molecule has 130 valence electrons. The Balaban J connectivity index is 0.00000288. The topological polar surface area (TPSA) is 85.4 Å². The number of aryl methyl sites for hydroxylation is 1. The summed E-state index contributed by atoms with van der Waals surface area (Å²) in [6.45, 7) is 3.33. The Morgan fingerprint density at radius 1 is 1.25 bits per heavy atom. The van der Waals surface area contributed by atoms with Gasteiger partial charge in [0.05, 0.1) is 13.2 Å². The summed E-state index contributed by atoms with van der Waals surface area (Å²) in [5.74, 6) is 0.509. The van der Waals surface area contributed by atoms with Crippen LogP contribution >= 0.6 is 12.4 Å². The van der Waals surface area contributed by atoms with Gasteiger partial charge in [-0.05, 0) is 36.8 Å². The van der Waals surface area contributed by atoms with Crippen molar-refractivity contribution in [1.29, 1.82) is 0 Å². The maximum Gasteiger partial charge on any atom is 0.321 e. The van der Waals surface area contributed by atoms with Crippen LogP contribution in [0.3, 0.4) is 0 Å². The molecule has 8 heteroatoms. The largest absolute Gasteiger partial charge is 0.424 e. The molecule has 24 heavy (non-hydrogen) atoms. The van der Waals surface area contributed by atoms with Gasteiger partial charge in [-0.3, -0.25) is 4.79 Å². The molecule has 1 aromatic heterocycles. The van der Waals surface area contributed by atoms with Gasteiger partial charge in [-0.25, -0.2) is 9.97 Å². The van der Waals surface area contributed by atoms with Crippen LogP contribution in [0.5, 0.6) is 11.8 Å². The number of halogens is 1. The quantitative estimate of drug-likeness (QED) is 0.708. The fourth-order valence-electron chi connectivity index (χ4n) is 1.85. The second kappa shape index (κ2) is 10.5. The predicted molar refractivity (Wildman–Crippen MR) is 93.9 cm³/mol. The zero-order valence-electron chi connectivity index (χ0n) is 13.6. The van der Waals surface area contributed by atoms with Gasteiger partial charge >= 0.3 is 6.01 Å². The molecule has 0 aliphatic rings. The third kappa shape index (κ3) is 6.49. The molecule has 2 rings (SSSR count). The number of ether oxygens (including phenoxy) is 2. The van der Waals surface area contributed by atoms with E-state index in [2.05, 4.69) is 20.6 Å². The third-order valence-corrected chi connectivity index (χ3v) is 2.99. The number of benzene rings is 1. The van der Waals surface area contributed by atoms with E-state index in [0.717, 1.165) is 11.3 Å². The zero-order valence-corrected chi connectivity index (χ0v) is 14.4. The molecular weight excluding hydrogens is 332 g/mol. The Hall–Kier alpha value is -2.22. The highest BCUT2D eigenvalue weighted by Gasteiger charge is 2.07. The molecule has 0 aliphatic heterocycles. The summed E-state index contributed by atoms with van der Waals surface area (Å²) < 4.78 is 10.5. The van der Waals surface area contributed by atoms with E-state index in [1.54, 1.807) is 37.7 Å². The Morgan fingerprint density at radius 2 is 2.00 bits per heavy atom. The number of carbonyl (C=O) groups excluding carboxylic acids is 1. The molecule has 7 nitrogen and oxygen atoms in total. The minimum Gasteiger partial charge on any atom is -0.424 e. The number of hydrogen-bond acceptors (Lipinski definition) is 6. The van der Waals surface area contributed by atoms with Gasteiger partial charge in [0.1, 0.15) is 5.75 Å². The molecule has 0 aliphatic carbocycles. The highest BCUT2D eigenvalue weighted by molar-refractivity contribution is 5.93. The van der Waals surface area contributed by atoms with Gasteiger partial charge in [0.25, 0.3) is 0 Å². The summed E-state index contributed by atoms with van der Waals surface area (Å²) in [6.07, 6.45) is 3.22. The molecule has 0 unspecified atom stereocenters. The van der Waals surface area contributed by atoms with Gasteiger partial charge in [0.15, 0.2) is 0 Å². The number of aromatic nitrogens is 2. The first kappa shape index (κ1) is 19.8. The van der Waals surface area contributed by atoms with Gasteiger partial charge in [-0.15, -0.1) is 12.4 Å². The van der Waals surface area contributed by atoms with Crippen molar-refractivity contribution in [2.24, 2.45) is 0 Å². The van der Waals surface area contributed by atoms with Gasteiger partial charge in [0.2, 0.25) is 5.91 Å². The normalized spacial score (nSPS) is 9.92. The number of anilines is 1. The van der Waals surface area contributed by atoms with E-state index in [1.807, 2.05) is 13.0 Å². The average Bonchev–Trinajstić information content (AvgIpc) is 2.55. The maximum atomic E-state index is 11.8. The number of amides is 1. The molecule has 0 atom stereocenters. The number of nitrogens with zero attached hydrogens (tertiary/aromatic N) is 2. The summed E-state index contributed by atoms with van der Waals surface area (Å²) in [6, 6.07) is 7.38. The number of carbonyl (C=O) groups is 1. The Bertz CT molecular complexity index is 640. The maximum absolute atomic E-state index is 11.8. The van der Waals surface area contributed by atoms with Crippen LogP contribution in [0.2, 0.25) is 0 Å². The molecule has 0 spiro atoms. The van der Waals surface area contributed by atoms with Crippen molar-refractivity contribution in [3.05, 3.63) is 42.2 Å². The minimum absolute atomic E-state index is 0. The van der Waals surface area contributed by atoms with E-state index in [0.29, 0.717) is 18.9 Å². The molecule has 2 aromatic rings. The van der Waals surface area contributed by atoms with Crippen LogP contribution in [0.4, 0.5) is 5.69 Å². The van der Waals surface area contributed by atoms with Crippen LogP contribution in [-0.4, -0.2) is 42.7 Å². The fraction of sp³-hybridized carbons (Fsp3) is 0.312. The summed E-state index contributed by atoms with van der Waals surface area (Å²) >= 11 is 0. The van der Waals surface area contributed by atoms with E-state index in [9.17, 15) is 4.79 Å². The lowest BCUT2D eigenvalue weighted by Gasteiger charge is -2.11. The molecular formula is C16H21ClN4O3. The molecule has 0 bridgehead atoms. The van der Waals surface area contributed by atoms with E-state index in [-0.39, 0.29) is 30.9 Å². The van der Waals surface area contributed by atoms with E-state index < -0.39 is 0 Å². The number of nitrogens with one attached hydrogen (secondary N) is 2. The van der Waals surface area contributed by atoms with Crippen molar-refractivity contribution in [3.63, 3.8) is 0 Å². The first-order valence-electron chi connectivity index (χ1n) is 7.24. The van der Waals surface area contributed by atoms with Crippen molar-refractivity contribution in [1.82, 2.24) is 15.3 Å². The molecule has 0 saturated carbocycles. The summed E-state index contributed by atoms with van der Waals surface area (Å²) in [7, 11) is 1.62. The second-order valence-corrected chi connectivity index (χ2v) is 4.83. The summed E-state index contributed by atoms with van der Waals surface area (Å²) in [5.41, 5.74) is 1.63.